The minimum atomic E-state index is -0.978. The first kappa shape index (κ1) is 30.6. The minimum Gasteiger partial charge on any atom is -0.327 e. The van der Waals surface area contributed by atoms with Crippen molar-refractivity contribution < 1.29 is 19.0 Å². The molecule has 1 saturated heterocycles. The van der Waals surface area contributed by atoms with E-state index in [-0.39, 0.29) is 19.0 Å². The van der Waals surface area contributed by atoms with Gasteiger partial charge in [-0.25, -0.2) is 0 Å². The third-order valence-electron chi connectivity index (χ3n) is 6.81. The fourth-order valence-corrected chi connectivity index (χ4v) is 4.59. The summed E-state index contributed by atoms with van der Waals surface area (Å²) in [6, 6.07) is 0. The van der Waals surface area contributed by atoms with Crippen molar-refractivity contribution in [3.05, 3.63) is 0 Å². The van der Waals surface area contributed by atoms with Crippen molar-refractivity contribution in [2.24, 2.45) is 0 Å². The van der Waals surface area contributed by atoms with E-state index < -0.39 is 5.97 Å². The van der Waals surface area contributed by atoms with Crippen LogP contribution in [0.15, 0.2) is 0 Å². The molecular weight excluding hydrogens is 412 g/mol. The zero-order chi connectivity index (χ0) is 23.9. The molecule has 1 aliphatic heterocycles. The van der Waals surface area contributed by atoms with E-state index in [0.717, 1.165) is 19.3 Å². The number of Topliss-reactive ketones (excluding diaryl/α,β-unsaturated/α-hetero) is 1. The van der Waals surface area contributed by atoms with Crippen LogP contribution in [0.5, 0.6) is 0 Å². The van der Waals surface area contributed by atoms with E-state index in [2.05, 4.69) is 13.8 Å². The number of carbonyl (C=O) groups is 1. The Morgan fingerprint density at radius 1 is 0.576 bits per heavy atom. The summed E-state index contributed by atoms with van der Waals surface area (Å²) in [5.41, 5.74) is 0. The number of rotatable bonds is 24. The Hall–Kier alpha value is -0.450. The van der Waals surface area contributed by atoms with E-state index in [1.54, 1.807) is 0 Å². The Labute approximate surface area is 205 Å². The predicted molar refractivity (Wildman–Crippen MR) is 139 cm³/mol. The molecule has 196 valence electrons. The predicted octanol–water partition coefficient (Wildman–Crippen LogP) is 8.89. The topological polar surface area (TPSA) is 44.8 Å². The van der Waals surface area contributed by atoms with E-state index >= 15 is 0 Å². The molecule has 0 unspecified atom stereocenters. The standard InChI is InChI=1S/C29H56O4/c1-3-5-7-9-11-12-13-14-15-16-17-19-21-23-25-31-29(32-26-28(30)27-33-29)24-22-20-18-10-8-6-4-2/h3-27H2,1-2H3. The molecule has 33 heavy (non-hydrogen) atoms. The molecule has 4 nitrogen and oxygen atoms in total. The average molecular weight is 469 g/mol. The second-order valence-corrected chi connectivity index (χ2v) is 10.1. The van der Waals surface area contributed by atoms with Gasteiger partial charge in [-0.1, -0.05) is 136 Å². The molecule has 0 aliphatic carbocycles. The van der Waals surface area contributed by atoms with Gasteiger partial charge in [0.05, 0.1) is 6.61 Å². The number of hydrogen-bond acceptors (Lipinski definition) is 4. The maximum absolute atomic E-state index is 11.5. The molecule has 1 aliphatic rings. The Kier molecular flexibility index (Phi) is 20.4. The van der Waals surface area contributed by atoms with Crippen LogP contribution in [-0.2, 0) is 19.0 Å². The van der Waals surface area contributed by atoms with Gasteiger partial charge >= 0.3 is 0 Å². The van der Waals surface area contributed by atoms with Gasteiger partial charge in [-0.15, -0.1) is 0 Å². The molecule has 0 bridgehead atoms. The normalized spacial score (nSPS) is 15.9. The molecule has 0 radical (unpaired) electrons. The maximum atomic E-state index is 11.5. The lowest BCUT2D eigenvalue weighted by atomic mass is 10.0. The summed E-state index contributed by atoms with van der Waals surface area (Å²) in [7, 11) is 0. The van der Waals surface area contributed by atoms with Crippen LogP contribution in [0.3, 0.4) is 0 Å². The van der Waals surface area contributed by atoms with Crippen molar-refractivity contribution in [1.29, 1.82) is 0 Å². The molecule has 1 fully saturated rings. The molecule has 0 aromatic carbocycles. The fourth-order valence-electron chi connectivity index (χ4n) is 4.59. The van der Waals surface area contributed by atoms with E-state index in [1.165, 1.54) is 122 Å². The Bertz CT molecular complexity index is 427. The Balaban J connectivity index is 2.00. The quantitative estimate of drug-likeness (QED) is 0.133. The first-order valence-electron chi connectivity index (χ1n) is 14.7. The highest BCUT2D eigenvalue weighted by molar-refractivity contribution is 5.81. The van der Waals surface area contributed by atoms with Crippen LogP contribution >= 0.6 is 0 Å². The summed E-state index contributed by atoms with van der Waals surface area (Å²) in [6.45, 7) is 5.43. The van der Waals surface area contributed by atoms with Gasteiger partial charge in [0, 0.05) is 6.42 Å². The lowest BCUT2D eigenvalue weighted by Crippen LogP contribution is -2.47. The molecular formula is C29H56O4. The second-order valence-electron chi connectivity index (χ2n) is 10.1. The van der Waals surface area contributed by atoms with Gasteiger partial charge in [-0.3, -0.25) is 4.79 Å². The Morgan fingerprint density at radius 2 is 0.939 bits per heavy atom. The zero-order valence-electron chi connectivity index (χ0n) is 22.3. The average Bonchev–Trinajstić information content (AvgIpc) is 2.83. The number of unbranched alkanes of at least 4 members (excludes halogenated alkanes) is 19. The van der Waals surface area contributed by atoms with Crippen molar-refractivity contribution in [2.75, 3.05) is 19.8 Å². The highest BCUT2D eigenvalue weighted by Gasteiger charge is 2.37. The zero-order valence-corrected chi connectivity index (χ0v) is 22.3. The molecule has 0 N–H and O–H groups in total. The van der Waals surface area contributed by atoms with Crippen LogP contribution < -0.4 is 0 Å². The summed E-state index contributed by atoms with van der Waals surface area (Å²) < 4.78 is 17.6. The molecule has 0 atom stereocenters. The summed E-state index contributed by atoms with van der Waals surface area (Å²) >= 11 is 0. The van der Waals surface area contributed by atoms with Crippen LogP contribution in [0.25, 0.3) is 0 Å². The summed E-state index contributed by atoms with van der Waals surface area (Å²) in [6.07, 6.45) is 28.4. The van der Waals surface area contributed by atoms with E-state index in [1.807, 2.05) is 0 Å². The summed E-state index contributed by atoms with van der Waals surface area (Å²) in [5, 5.41) is 0. The van der Waals surface area contributed by atoms with Gasteiger partial charge in [-0.05, 0) is 12.8 Å². The number of ketones is 1. The van der Waals surface area contributed by atoms with Gasteiger partial charge in [0.25, 0.3) is 5.97 Å². The van der Waals surface area contributed by atoms with E-state index in [0.29, 0.717) is 6.61 Å². The molecule has 0 spiro atoms. The highest BCUT2D eigenvalue weighted by Crippen LogP contribution is 2.27. The monoisotopic (exact) mass is 468 g/mol. The molecule has 0 aromatic rings. The first-order valence-corrected chi connectivity index (χ1v) is 14.7. The number of carbonyl (C=O) groups excluding carboxylic acids is 1. The third kappa shape index (κ3) is 17.6. The summed E-state index contributed by atoms with van der Waals surface area (Å²) in [4.78, 5) is 11.5. The van der Waals surface area contributed by atoms with E-state index in [9.17, 15) is 4.79 Å². The van der Waals surface area contributed by atoms with Crippen LogP contribution in [0.2, 0.25) is 0 Å². The smallest absolute Gasteiger partial charge is 0.283 e. The molecule has 4 heteroatoms. The molecule has 1 rings (SSSR count). The molecule has 0 amide bonds. The lowest BCUT2D eigenvalue weighted by molar-refractivity contribution is -0.389. The van der Waals surface area contributed by atoms with Gasteiger partial charge in [0.2, 0.25) is 0 Å². The highest BCUT2D eigenvalue weighted by atomic mass is 16.9. The van der Waals surface area contributed by atoms with Crippen LogP contribution in [0.1, 0.15) is 155 Å². The Morgan fingerprint density at radius 3 is 1.36 bits per heavy atom. The van der Waals surface area contributed by atoms with Crippen LogP contribution in [-0.4, -0.2) is 31.6 Å². The third-order valence-corrected chi connectivity index (χ3v) is 6.81. The second kappa shape index (κ2) is 22.0. The SMILES string of the molecule is CCCCCCCCCCCCCCCCOC1(CCCCCCCCC)OCC(=O)CO1. The van der Waals surface area contributed by atoms with Crippen LogP contribution in [0, 0.1) is 0 Å². The number of hydrogen-bond donors (Lipinski definition) is 0. The van der Waals surface area contributed by atoms with Gasteiger partial charge < -0.3 is 14.2 Å². The van der Waals surface area contributed by atoms with E-state index in [4.69, 9.17) is 14.2 Å². The van der Waals surface area contributed by atoms with Crippen molar-refractivity contribution >= 4 is 5.78 Å². The number of ether oxygens (including phenoxy) is 3. The van der Waals surface area contributed by atoms with Crippen molar-refractivity contribution in [3.8, 4) is 0 Å². The fraction of sp³-hybridized carbons (Fsp3) is 0.966. The first-order chi connectivity index (χ1) is 16.2. The van der Waals surface area contributed by atoms with Crippen molar-refractivity contribution in [3.63, 3.8) is 0 Å². The van der Waals surface area contributed by atoms with Gasteiger partial charge in [-0.2, -0.15) is 0 Å². The molecule has 0 aromatic heterocycles. The van der Waals surface area contributed by atoms with Crippen LogP contribution in [0.4, 0.5) is 0 Å². The minimum absolute atomic E-state index is 0.00489. The largest absolute Gasteiger partial charge is 0.327 e. The summed E-state index contributed by atoms with van der Waals surface area (Å²) in [5.74, 6) is -0.973. The van der Waals surface area contributed by atoms with Gasteiger partial charge in [0.15, 0.2) is 5.78 Å². The van der Waals surface area contributed by atoms with Crippen molar-refractivity contribution in [2.45, 2.75) is 161 Å². The lowest BCUT2D eigenvalue weighted by Gasteiger charge is -2.36. The molecule has 1 heterocycles. The van der Waals surface area contributed by atoms with Crippen molar-refractivity contribution in [1.82, 2.24) is 0 Å². The van der Waals surface area contributed by atoms with Gasteiger partial charge in [0.1, 0.15) is 13.2 Å². The maximum Gasteiger partial charge on any atom is 0.283 e. The molecule has 0 saturated carbocycles.